The van der Waals surface area contributed by atoms with Gasteiger partial charge in [-0.25, -0.2) is 4.79 Å². The van der Waals surface area contributed by atoms with E-state index in [9.17, 15) is 9.59 Å². The molecule has 0 radical (unpaired) electrons. The molecule has 136 valence electrons. The Morgan fingerprint density at radius 1 is 1.12 bits per heavy atom. The summed E-state index contributed by atoms with van der Waals surface area (Å²) in [5.74, 6) is -1.11. The van der Waals surface area contributed by atoms with Crippen LogP contribution in [0.25, 0.3) is 0 Å². The lowest BCUT2D eigenvalue weighted by Crippen LogP contribution is -2.21. The van der Waals surface area contributed by atoms with E-state index < -0.39 is 18.5 Å². The van der Waals surface area contributed by atoms with E-state index in [4.69, 9.17) is 22.1 Å². The zero-order valence-corrected chi connectivity index (χ0v) is 15.0. The van der Waals surface area contributed by atoms with Gasteiger partial charge in [0.15, 0.2) is 6.61 Å². The first-order valence-corrected chi connectivity index (χ1v) is 8.78. The number of rotatable bonds is 5. The van der Waals surface area contributed by atoms with E-state index in [1.54, 1.807) is 6.07 Å². The molecule has 1 aliphatic rings. The van der Waals surface area contributed by atoms with Crippen molar-refractivity contribution in [2.75, 3.05) is 35.6 Å². The lowest BCUT2D eigenvalue weighted by atomic mass is 10.2. The molecule has 0 aliphatic carbocycles. The highest BCUT2D eigenvalue weighted by molar-refractivity contribution is 6.31. The summed E-state index contributed by atoms with van der Waals surface area (Å²) in [6, 6.07) is 12.1. The molecule has 6 nitrogen and oxygen atoms in total. The Labute approximate surface area is 156 Å². The van der Waals surface area contributed by atoms with Gasteiger partial charge in [0.1, 0.15) is 0 Å². The van der Waals surface area contributed by atoms with Gasteiger partial charge in [0.25, 0.3) is 5.91 Å². The first-order valence-electron chi connectivity index (χ1n) is 8.40. The topological polar surface area (TPSA) is 84.7 Å². The Hall–Kier alpha value is -2.73. The summed E-state index contributed by atoms with van der Waals surface area (Å²) in [6.45, 7) is 1.72. The monoisotopic (exact) mass is 373 g/mol. The van der Waals surface area contributed by atoms with E-state index in [-0.39, 0.29) is 11.3 Å². The van der Waals surface area contributed by atoms with Gasteiger partial charge in [0, 0.05) is 35.2 Å². The first kappa shape index (κ1) is 18.1. The number of nitrogens with one attached hydrogen (secondary N) is 1. The zero-order chi connectivity index (χ0) is 18.5. The Morgan fingerprint density at radius 3 is 2.50 bits per heavy atom. The van der Waals surface area contributed by atoms with Crippen LogP contribution in [0, 0.1) is 0 Å². The van der Waals surface area contributed by atoms with Crippen molar-refractivity contribution >= 4 is 40.5 Å². The molecule has 1 fully saturated rings. The number of hydrogen-bond acceptors (Lipinski definition) is 5. The number of nitrogens with zero attached hydrogens (tertiary/aromatic N) is 1. The highest BCUT2D eigenvalue weighted by Gasteiger charge is 2.15. The van der Waals surface area contributed by atoms with Gasteiger partial charge in [0.05, 0.1) is 5.56 Å². The maximum Gasteiger partial charge on any atom is 0.340 e. The molecule has 2 aromatic carbocycles. The summed E-state index contributed by atoms with van der Waals surface area (Å²) in [4.78, 5) is 26.3. The quantitative estimate of drug-likeness (QED) is 0.620. The summed E-state index contributed by atoms with van der Waals surface area (Å²) in [5.41, 5.74) is 7.90. The second-order valence-electron chi connectivity index (χ2n) is 6.10. The average Bonchev–Trinajstić information content (AvgIpc) is 3.17. The van der Waals surface area contributed by atoms with Gasteiger partial charge in [-0.15, -0.1) is 0 Å². The van der Waals surface area contributed by atoms with Crippen molar-refractivity contribution in [2.45, 2.75) is 12.8 Å². The number of nitrogens with two attached hydrogens (primary N) is 1. The van der Waals surface area contributed by atoms with Crippen LogP contribution in [-0.4, -0.2) is 31.6 Å². The number of carbonyl (C=O) groups is 2. The Bertz CT molecular complexity index is 802. The Balaban J connectivity index is 1.52. The van der Waals surface area contributed by atoms with Crippen LogP contribution < -0.4 is 16.0 Å². The summed E-state index contributed by atoms with van der Waals surface area (Å²) >= 11 is 5.84. The number of amides is 1. The zero-order valence-electron chi connectivity index (χ0n) is 14.2. The smallest absolute Gasteiger partial charge is 0.340 e. The summed E-state index contributed by atoms with van der Waals surface area (Å²) < 4.78 is 5.01. The fourth-order valence-corrected chi connectivity index (χ4v) is 3.01. The number of anilines is 3. The molecule has 0 saturated carbocycles. The third kappa shape index (κ3) is 4.46. The Morgan fingerprint density at radius 2 is 1.81 bits per heavy atom. The second-order valence-corrected chi connectivity index (χ2v) is 6.53. The maximum atomic E-state index is 12.0. The van der Waals surface area contributed by atoms with Gasteiger partial charge >= 0.3 is 5.97 Å². The summed E-state index contributed by atoms with van der Waals surface area (Å²) in [6.07, 6.45) is 2.42. The van der Waals surface area contributed by atoms with E-state index >= 15 is 0 Å². The summed E-state index contributed by atoms with van der Waals surface area (Å²) in [7, 11) is 0. The van der Waals surface area contributed by atoms with Crippen molar-refractivity contribution in [3.8, 4) is 0 Å². The normalized spacial score (nSPS) is 13.5. The second kappa shape index (κ2) is 8.10. The fourth-order valence-electron chi connectivity index (χ4n) is 2.84. The van der Waals surface area contributed by atoms with Crippen LogP contribution in [0.1, 0.15) is 23.2 Å². The predicted octanol–water partition coefficient (Wildman–Crippen LogP) is 3.32. The van der Waals surface area contributed by atoms with E-state index in [0.29, 0.717) is 10.7 Å². The van der Waals surface area contributed by atoms with Gasteiger partial charge in [-0.2, -0.15) is 0 Å². The van der Waals surface area contributed by atoms with Crippen molar-refractivity contribution in [2.24, 2.45) is 0 Å². The van der Waals surface area contributed by atoms with E-state index in [2.05, 4.69) is 10.2 Å². The molecule has 1 aliphatic heterocycles. The fraction of sp³-hybridized carbons (Fsp3) is 0.263. The lowest BCUT2D eigenvalue weighted by molar-refractivity contribution is -0.119. The van der Waals surface area contributed by atoms with E-state index in [0.717, 1.165) is 18.8 Å². The molecule has 2 aromatic rings. The van der Waals surface area contributed by atoms with E-state index in [1.165, 1.54) is 25.0 Å². The van der Waals surface area contributed by atoms with Crippen LogP contribution in [-0.2, 0) is 9.53 Å². The van der Waals surface area contributed by atoms with Gasteiger partial charge in [-0.3, -0.25) is 4.79 Å². The van der Waals surface area contributed by atoms with Gasteiger partial charge < -0.3 is 20.7 Å². The van der Waals surface area contributed by atoms with Gasteiger partial charge in [0.2, 0.25) is 0 Å². The molecule has 3 rings (SSSR count). The maximum absolute atomic E-state index is 12.0. The molecule has 7 heteroatoms. The van der Waals surface area contributed by atoms with Crippen molar-refractivity contribution in [3.63, 3.8) is 0 Å². The van der Waals surface area contributed by atoms with Crippen LogP contribution >= 0.6 is 11.6 Å². The van der Waals surface area contributed by atoms with Crippen molar-refractivity contribution in [1.29, 1.82) is 0 Å². The molecule has 0 bridgehead atoms. The molecule has 26 heavy (non-hydrogen) atoms. The van der Waals surface area contributed by atoms with Crippen LogP contribution in [0.3, 0.4) is 0 Å². The summed E-state index contributed by atoms with van der Waals surface area (Å²) in [5, 5.41) is 3.07. The molecular formula is C19H20ClN3O3. The number of esters is 1. The number of hydrogen-bond donors (Lipinski definition) is 2. The molecule has 1 heterocycles. The minimum atomic E-state index is -0.690. The molecule has 0 aromatic heterocycles. The lowest BCUT2D eigenvalue weighted by Gasteiger charge is -2.17. The molecule has 1 amide bonds. The highest BCUT2D eigenvalue weighted by atomic mass is 35.5. The third-order valence-corrected chi connectivity index (χ3v) is 4.43. The molecular weight excluding hydrogens is 354 g/mol. The van der Waals surface area contributed by atoms with Crippen molar-refractivity contribution in [3.05, 3.63) is 53.1 Å². The van der Waals surface area contributed by atoms with Crippen LogP contribution in [0.5, 0.6) is 0 Å². The minimum absolute atomic E-state index is 0.139. The van der Waals surface area contributed by atoms with Crippen LogP contribution in [0.2, 0.25) is 5.02 Å². The Kier molecular flexibility index (Phi) is 5.63. The van der Waals surface area contributed by atoms with Crippen LogP contribution in [0.15, 0.2) is 42.5 Å². The third-order valence-electron chi connectivity index (χ3n) is 4.19. The molecule has 0 spiro atoms. The SMILES string of the molecule is Nc1ccc(Cl)cc1C(=O)OCC(=O)Nc1ccc(N2CCCC2)cc1. The number of ether oxygens (including phenoxy) is 1. The first-order chi connectivity index (χ1) is 12.5. The number of halogens is 1. The number of carbonyl (C=O) groups excluding carboxylic acids is 2. The van der Waals surface area contributed by atoms with E-state index in [1.807, 2.05) is 24.3 Å². The largest absolute Gasteiger partial charge is 0.452 e. The van der Waals surface area contributed by atoms with Crippen LogP contribution in [0.4, 0.5) is 17.1 Å². The minimum Gasteiger partial charge on any atom is -0.452 e. The molecule has 0 atom stereocenters. The van der Waals surface area contributed by atoms with Gasteiger partial charge in [-0.1, -0.05) is 11.6 Å². The predicted molar refractivity (Wildman–Crippen MR) is 103 cm³/mol. The average molecular weight is 374 g/mol. The molecule has 1 saturated heterocycles. The standard InChI is InChI=1S/C19H20ClN3O3/c20-13-3-8-17(21)16(11-13)19(25)26-12-18(24)22-14-4-6-15(7-5-14)23-9-1-2-10-23/h3-8,11H,1-2,9-10,12,21H2,(H,22,24). The molecule has 3 N–H and O–H groups in total. The highest BCUT2D eigenvalue weighted by Crippen LogP contribution is 2.22. The number of nitrogen functional groups attached to an aromatic ring is 1. The number of benzene rings is 2. The van der Waals surface area contributed by atoms with Crippen molar-refractivity contribution in [1.82, 2.24) is 0 Å². The molecule has 0 unspecified atom stereocenters. The van der Waals surface area contributed by atoms with Crippen molar-refractivity contribution < 1.29 is 14.3 Å². The van der Waals surface area contributed by atoms with Gasteiger partial charge in [-0.05, 0) is 55.3 Å².